The lowest BCUT2D eigenvalue weighted by Gasteiger charge is -2.27. The van der Waals surface area contributed by atoms with Crippen molar-refractivity contribution in [2.45, 2.75) is 11.8 Å². The summed E-state index contributed by atoms with van der Waals surface area (Å²) in [5.74, 6) is -6.24. The van der Waals surface area contributed by atoms with Crippen molar-refractivity contribution in [3.8, 4) is 0 Å². The zero-order valence-electron chi connectivity index (χ0n) is 6.54. The first-order valence-corrected chi connectivity index (χ1v) is 3.22. The van der Waals surface area contributed by atoms with Crippen LogP contribution in [0.25, 0.3) is 0 Å². The Kier molecular flexibility index (Phi) is 2.23. The second kappa shape index (κ2) is 2.97. The SMILES string of the molecule is O=C(O)OC1(O)OC(=O)OC1(O)CO. The summed E-state index contributed by atoms with van der Waals surface area (Å²) in [6, 6.07) is 0. The molecule has 0 aromatic rings. The summed E-state index contributed by atoms with van der Waals surface area (Å²) in [6.45, 7) is -1.30. The predicted molar refractivity (Wildman–Crippen MR) is 33.7 cm³/mol. The Balaban J connectivity index is 2.94. The minimum Gasteiger partial charge on any atom is -0.450 e. The first-order chi connectivity index (χ1) is 6.33. The van der Waals surface area contributed by atoms with Gasteiger partial charge in [0.1, 0.15) is 6.61 Å². The molecule has 1 aliphatic heterocycles. The van der Waals surface area contributed by atoms with E-state index in [0.29, 0.717) is 0 Å². The smallest absolute Gasteiger partial charge is 0.450 e. The molecule has 2 atom stereocenters. The molecule has 0 bridgehead atoms. The number of aliphatic hydroxyl groups excluding tert-OH is 1. The number of carbonyl (C=O) groups is 2. The Labute approximate surface area is 76.0 Å². The second-order valence-electron chi connectivity index (χ2n) is 2.35. The number of ether oxygens (including phenoxy) is 3. The highest BCUT2D eigenvalue weighted by Gasteiger charge is 2.67. The van der Waals surface area contributed by atoms with Gasteiger partial charge in [0.25, 0.3) is 0 Å². The molecule has 1 rings (SSSR count). The van der Waals surface area contributed by atoms with E-state index in [2.05, 4.69) is 14.2 Å². The molecule has 9 nitrogen and oxygen atoms in total. The lowest BCUT2D eigenvalue weighted by Crippen LogP contribution is -2.57. The van der Waals surface area contributed by atoms with Crippen LogP contribution in [0.5, 0.6) is 0 Å². The van der Waals surface area contributed by atoms with E-state index in [1.807, 2.05) is 0 Å². The van der Waals surface area contributed by atoms with Crippen LogP contribution in [0.3, 0.4) is 0 Å². The highest BCUT2D eigenvalue weighted by molar-refractivity contribution is 5.64. The summed E-state index contributed by atoms with van der Waals surface area (Å²) in [7, 11) is 0. The fourth-order valence-electron chi connectivity index (χ4n) is 0.767. The normalized spacial score (nSPS) is 36.1. The van der Waals surface area contributed by atoms with E-state index >= 15 is 0 Å². The van der Waals surface area contributed by atoms with Crippen molar-refractivity contribution in [3.05, 3.63) is 0 Å². The highest BCUT2D eigenvalue weighted by atomic mass is 17.0. The van der Waals surface area contributed by atoms with Crippen LogP contribution >= 0.6 is 0 Å². The van der Waals surface area contributed by atoms with E-state index < -0.39 is 30.7 Å². The molecule has 0 saturated carbocycles. The average Bonchev–Trinajstić information content (AvgIpc) is 2.21. The first-order valence-electron chi connectivity index (χ1n) is 3.22. The maximum atomic E-state index is 10.5. The van der Waals surface area contributed by atoms with Gasteiger partial charge in [-0.2, -0.15) is 0 Å². The molecular formula is C5H6O9. The zero-order chi connectivity index (χ0) is 11.0. The minimum absolute atomic E-state index is 1.30. The van der Waals surface area contributed by atoms with Gasteiger partial charge in [-0.1, -0.05) is 0 Å². The Morgan fingerprint density at radius 1 is 1.43 bits per heavy atom. The first kappa shape index (κ1) is 10.5. The summed E-state index contributed by atoms with van der Waals surface area (Å²) in [6.07, 6.45) is -3.61. The van der Waals surface area contributed by atoms with Crippen molar-refractivity contribution in [1.82, 2.24) is 0 Å². The van der Waals surface area contributed by atoms with Crippen LogP contribution in [0, 0.1) is 0 Å². The van der Waals surface area contributed by atoms with Crippen LogP contribution in [-0.2, 0) is 14.2 Å². The second-order valence-corrected chi connectivity index (χ2v) is 2.35. The molecule has 0 aromatic carbocycles. The van der Waals surface area contributed by atoms with Gasteiger partial charge in [-0.25, -0.2) is 9.59 Å². The van der Waals surface area contributed by atoms with Crippen molar-refractivity contribution in [3.63, 3.8) is 0 Å². The van der Waals surface area contributed by atoms with E-state index in [1.54, 1.807) is 0 Å². The van der Waals surface area contributed by atoms with Gasteiger partial charge >= 0.3 is 24.1 Å². The number of hydrogen-bond acceptors (Lipinski definition) is 8. The molecule has 0 spiro atoms. The molecule has 14 heavy (non-hydrogen) atoms. The number of carbonyl (C=O) groups excluding carboxylic acids is 1. The number of rotatable bonds is 2. The summed E-state index contributed by atoms with van der Waals surface area (Å²) >= 11 is 0. The molecule has 2 unspecified atom stereocenters. The predicted octanol–water partition coefficient (Wildman–Crippen LogP) is -1.83. The quantitative estimate of drug-likeness (QED) is 0.305. The Hall–Kier alpha value is -1.58. The van der Waals surface area contributed by atoms with E-state index in [0.717, 1.165) is 0 Å². The van der Waals surface area contributed by atoms with Crippen molar-refractivity contribution < 1.29 is 44.2 Å². The molecule has 1 saturated heterocycles. The topological polar surface area (TPSA) is 143 Å². The van der Waals surface area contributed by atoms with E-state index in [9.17, 15) is 19.8 Å². The van der Waals surface area contributed by atoms with E-state index in [-0.39, 0.29) is 0 Å². The standard InChI is InChI=1S/C5H6O9/c6-1-4(10)5(11,12-2(7)8)14-3(9)13-4/h6,10-11H,1H2,(H,7,8). The molecule has 0 amide bonds. The van der Waals surface area contributed by atoms with Crippen molar-refractivity contribution >= 4 is 12.3 Å². The third kappa shape index (κ3) is 1.43. The fraction of sp³-hybridized carbons (Fsp3) is 0.600. The molecule has 0 aliphatic carbocycles. The molecular weight excluding hydrogens is 204 g/mol. The van der Waals surface area contributed by atoms with Crippen molar-refractivity contribution in [2.75, 3.05) is 6.61 Å². The van der Waals surface area contributed by atoms with Gasteiger partial charge < -0.3 is 34.6 Å². The summed E-state index contributed by atoms with van der Waals surface area (Å²) in [5, 5.41) is 35.0. The Bertz CT molecular complexity index is 274. The number of carboxylic acid groups (broad SMARTS) is 1. The van der Waals surface area contributed by atoms with Gasteiger partial charge in [0.2, 0.25) is 0 Å². The van der Waals surface area contributed by atoms with Gasteiger partial charge in [-0.05, 0) is 0 Å². The highest BCUT2D eigenvalue weighted by Crippen LogP contribution is 2.33. The Morgan fingerprint density at radius 3 is 2.43 bits per heavy atom. The lowest BCUT2D eigenvalue weighted by molar-refractivity contribution is -0.399. The molecule has 1 fully saturated rings. The zero-order valence-corrected chi connectivity index (χ0v) is 6.54. The maximum Gasteiger partial charge on any atom is 0.516 e. The number of aliphatic hydroxyl groups is 3. The molecule has 9 heteroatoms. The summed E-state index contributed by atoms with van der Waals surface area (Å²) in [4.78, 5) is 20.5. The van der Waals surface area contributed by atoms with Gasteiger partial charge in [0, 0.05) is 0 Å². The van der Waals surface area contributed by atoms with Crippen molar-refractivity contribution in [1.29, 1.82) is 0 Å². The molecule has 0 radical (unpaired) electrons. The van der Waals surface area contributed by atoms with Crippen LogP contribution in [0.2, 0.25) is 0 Å². The van der Waals surface area contributed by atoms with Gasteiger partial charge in [-0.15, -0.1) is 0 Å². The monoisotopic (exact) mass is 210 g/mol. The largest absolute Gasteiger partial charge is 0.516 e. The van der Waals surface area contributed by atoms with Crippen LogP contribution in [0.4, 0.5) is 9.59 Å². The molecule has 80 valence electrons. The fourth-order valence-corrected chi connectivity index (χ4v) is 0.767. The van der Waals surface area contributed by atoms with Gasteiger partial charge in [0.15, 0.2) is 0 Å². The van der Waals surface area contributed by atoms with Gasteiger partial charge in [-0.3, -0.25) is 0 Å². The number of cyclic esters (lactones) is 2. The van der Waals surface area contributed by atoms with Crippen LogP contribution in [0.1, 0.15) is 0 Å². The van der Waals surface area contributed by atoms with Crippen LogP contribution in [-0.4, -0.2) is 51.1 Å². The molecule has 0 aromatic heterocycles. The van der Waals surface area contributed by atoms with E-state index in [1.165, 1.54) is 0 Å². The minimum atomic E-state index is -3.27. The lowest BCUT2D eigenvalue weighted by atomic mass is 10.2. The number of hydrogen-bond donors (Lipinski definition) is 4. The maximum absolute atomic E-state index is 10.5. The van der Waals surface area contributed by atoms with Crippen LogP contribution in [0.15, 0.2) is 0 Å². The molecule has 1 heterocycles. The molecule has 1 aliphatic rings. The summed E-state index contributed by atoms with van der Waals surface area (Å²) < 4.78 is 11.4. The Morgan fingerprint density at radius 2 is 2.00 bits per heavy atom. The third-order valence-corrected chi connectivity index (χ3v) is 1.41. The van der Waals surface area contributed by atoms with Crippen LogP contribution < -0.4 is 0 Å². The summed E-state index contributed by atoms with van der Waals surface area (Å²) in [5.41, 5.74) is 0. The average molecular weight is 210 g/mol. The van der Waals surface area contributed by atoms with Gasteiger partial charge in [0.05, 0.1) is 0 Å². The third-order valence-electron chi connectivity index (χ3n) is 1.41. The van der Waals surface area contributed by atoms with Crippen molar-refractivity contribution in [2.24, 2.45) is 0 Å². The molecule has 4 N–H and O–H groups in total. The van der Waals surface area contributed by atoms with E-state index in [4.69, 9.17) is 10.2 Å².